The largest absolute Gasteiger partial charge is 0.353 e. The van der Waals surface area contributed by atoms with E-state index >= 15 is 0 Å². The predicted octanol–water partition coefficient (Wildman–Crippen LogP) is 0.506. The molecule has 17 heavy (non-hydrogen) atoms. The maximum Gasteiger partial charge on any atom is 0.234 e. The summed E-state index contributed by atoms with van der Waals surface area (Å²) in [6.07, 6.45) is 4.09. The van der Waals surface area contributed by atoms with Crippen LogP contribution in [0.15, 0.2) is 10.9 Å². The van der Waals surface area contributed by atoms with Crippen molar-refractivity contribution in [2.45, 2.75) is 39.2 Å². The molecule has 6 nitrogen and oxygen atoms in total. The summed E-state index contributed by atoms with van der Waals surface area (Å²) in [5.41, 5.74) is 0. The van der Waals surface area contributed by atoms with Gasteiger partial charge in [-0.3, -0.25) is 4.79 Å². The van der Waals surface area contributed by atoms with Gasteiger partial charge in [0.15, 0.2) is 6.33 Å². The number of nitrogens with zero attached hydrogens (tertiary/aromatic N) is 2. The summed E-state index contributed by atoms with van der Waals surface area (Å²) >= 11 is 0. The summed E-state index contributed by atoms with van der Waals surface area (Å²) < 4.78 is 4.84. The summed E-state index contributed by atoms with van der Waals surface area (Å²) in [5, 5.41) is 9.46. The fraction of sp³-hybridized carbons (Fsp3) is 0.727. The fourth-order valence-electron chi connectivity index (χ4n) is 1.53. The second-order valence-electron chi connectivity index (χ2n) is 4.02. The van der Waals surface area contributed by atoms with Crippen LogP contribution < -0.4 is 10.6 Å². The first-order chi connectivity index (χ1) is 8.22. The molecule has 1 atom stereocenters. The maximum absolute atomic E-state index is 11.5. The molecule has 0 aliphatic heterocycles. The van der Waals surface area contributed by atoms with Crippen LogP contribution in [-0.4, -0.2) is 35.2 Å². The van der Waals surface area contributed by atoms with Crippen molar-refractivity contribution >= 4 is 5.91 Å². The zero-order valence-electron chi connectivity index (χ0n) is 10.4. The molecule has 0 bridgehead atoms. The minimum Gasteiger partial charge on any atom is -0.353 e. The first kappa shape index (κ1) is 13.6. The Labute approximate surface area is 101 Å². The molecule has 0 radical (unpaired) electrons. The van der Waals surface area contributed by atoms with Gasteiger partial charge in [0, 0.05) is 19.0 Å². The van der Waals surface area contributed by atoms with E-state index in [9.17, 15) is 4.79 Å². The number of aromatic nitrogens is 2. The van der Waals surface area contributed by atoms with Crippen LogP contribution in [0.4, 0.5) is 0 Å². The van der Waals surface area contributed by atoms with Gasteiger partial charge >= 0.3 is 0 Å². The van der Waals surface area contributed by atoms with E-state index in [2.05, 4.69) is 27.7 Å². The van der Waals surface area contributed by atoms with Gasteiger partial charge in [-0.05, 0) is 13.3 Å². The molecule has 0 spiro atoms. The van der Waals surface area contributed by atoms with E-state index in [1.54, 1.807) is 0 Å². The average Bonchev–Trinajstić information content (AvgIpc) is 2.77. The topological polar surface area (TPSA) is 80.0 Å². The van der Waals surface area contributed by atoms with Crippen molar-refractivity contribution < 1.29 is 9.32 Å². The molecule has 1 aromatic rings. The summed E-state index contributed by atoms with van der Waals surface area (Å²) in [7, 11) is 0. The Hall–Kier alpha value is -1.43. The zero-order valence-corrected chi connectivity index (χ0v) is 10.4. The van der Waals surface area contributed by atoms with Crippen LogP contribution >= 0.6 is 0 Å². The van der Waals surface area contributed by atoms with Crippen molar-refractivity contribution in [1.29, 1.82) is 0 Å². The monoisotopic (exact) mass is 240 g/mol. The Morgan fingerprint density at radius 1 is 1.59 bits per heavy atom. The van der Waals surface area contributed by atoms with Crippen LogP contribution in [0.1, 0.15) is 32.6 Å². The maximum atomic E-state index is 11.5. The minimum atomic E-state index is 0.0245. The van der Waals surface area contributed by atoms with E-state index in [1.807, 2.05) is 6.92 Å². The van der Waals surface area contributed by atoms with Crippen LogP contribution in [0.5, 0.6) is 0 Å². The van der Waals surface area contributed by atoms with Crippen molar-refractivity contribution in [3.05, 3.63) is 12.2 Å². The number of amides is 1. The molecule has 0 aliphatic carbocycles. The highest BCUT2D eigenvalue weighted by atomic mass is 16.5. The van der Waals surface area contributed by atoms with Gasteiger partial charge in [0.25, 0.3) is 0 Å². The van der Waals surface area contributed by atoms with Gasteiger partial charge in [0.05, 0.1) is 6.54 Å². The van der Waals surface area contributed by atoms with E-state index in [4.69, 9.17) is 4.52 Å². The molecule has 0 aliphatic rings. The van der Waals surface area contributed by atoms with Crippen molar-refractivity contribution in [2.24, 2.45) is 0 Å². The molecule has 0 aromatic carbocycles. The molecule has 96 valence electrons. The van der Waals surface area contributed by atoms with Crippen LogP contribution in [0.25, 0.3) is 0 Å². The number of rotatable bonds is 8. The Morgan fingerprint density at radius 2 is 2.41 bits per heavy atom. The number of carbonyl (C=O) groups excluding carboxylic acids is 1. The summed E-state index contributed by atoms with van der Waals surface area (Å²) in [6.45, 7) is 5.09. The first-order valence-electron chi connectivity index (χ1n) is 5.98. The summed E-state index contributed by atoms with van der Waals surface area (Å²) in [6, 6.07) is 0.241. The highest BCUT2D eigenvalue weighted by Crippen LogP contribution is 1.94. The minimum absolute atomic E-state index is 0.0245. The van der Waals surface area contributed by atoms with Gasteiger partial charge in [0.1, 0.15) is 0 Å². The predicted molar refractivity (Wildman–Crippen MR) is 63.4 cm³/mol. The van der Waals surface area contributed by atoms with Crippen molar-refractivity contribution in [3.8, 4) is 0 Å². The third-order valence-corrected chi connectivity index (χ3v) is 2.34. The van der Waals surface area contributed by atoms with E-state index in [0.717, 1.165) is 12.8 Å². The quantitative estimate of drug-likeness (QED) is 0.647. The second kappa shape index (κ2) is 7.78. The van der Waals surface area contributed by atoms with Gasteiger partial charge < -0.3 is 15.2 Å². The second-order valence-corrected chi connectivity index (χ2v) is 4.02. The Morgan fingerprint density at radius 3 is 3.06 bits per heavy atom. The number of carbonyl (C=O) groups is 1. The standard InChI is InChI=1S/C11H20N4O2/c1-3-4-9(2)15-10(16)7-12-6-5-11-13-8-14-17-11/h8-9,12H,3-7H2,1-2H3,(H,15,16). The third kappa shape index (κ3) is 6.01. The highest BCUT2D eigenvalue weighted by molar-refractivity contribution is 5.78. The molecule has 0 saturated carbocycles. The molecule has 0 fully saturated rings. The van der Waals surface area contributed by atoms with Crippen LogP contribution in [0, 0.1) is 0 Å². The molecule has 1 aromatic heterocycles. The molecule has 2 N–H and O–H groups in total. The molecule has 1 rings (SSSR count). The Balaban J connectivity index is 2.04. The zero-order chi connectivity index (χ0) is 12.5. The third-order valence-electron chi connectivity index (χ3n) is 2.34. The lowest BCUT2D eigenvalue weighted by Crippen LogP contribution is -2.39. The molecular weight excluding hydrogens is 220 g/mol. The van der Waals surface area contributed by atoms with E-state index in [-0.39, 0.29) is 11.9 Å². The molecule has 0 saturated heterocycles. The fourth-order valence-corrected chi connectivity index (χ4v) is 1.53. The van der Waals surface area contributed by atoms with Crippen molar-refractivity contribution in [2.75, 3.05) is 13.1 Å². The molecule has 1 heterocycles. The van der Waals surface area contributed by atoms with Crippen molar-refractivity contribution in [3.63, 3.8) is 0 Å². The van der Waals surface area contributed by atoms with Crippen LogP contribution in [0.3, 0.4) is 0 Å². The van der Waals surface area contributed by atoms with Gasteiger partial charge in [-0.2, -0.15) is 4.98 Å². The Bertz CT molecular complexity index is 313. The highest BCUT2D eigenvalue weighted by Gasteiger charge is 2.06. The van der Waals surface area contributed by atoms with Gasteiger partial charge in [-0.25, -0.2) is 0 Å². The van der Waals surface area contributed by atoms with Gasteiger partial charge in [0.2, 0.25) is 11.8 Å². The summed E-state index contributed by atoms with van der Waals surface area (Å²) in [5.74, 6) is 0.605. The van der Waals surface area contributed by atoms with E-state index < -0.39 is 0 Å². The smallest absolute Gasteiger partial charge is 0.234 e. The van der Waals surface area contributed by atoms with Gasteiger partial charge in [-0.1, -0.05) is 18.5 Å². The number of hydrogen-bond donors (Lipinski definition) is 2. The van der Waals surface area contributed by atoms with Crippen molar-refractivity contribution in [1.82, 2.24) is 20.8 Å². The first-order valence-corrected chi connectivity index (χ1v) is 5.98. The SMILES string of the molecule is CCCC(C)NC(=O)CNCCc1ncno1. The number of nitrogens with one attached hydrogen (secondary N) is 2. The lowest BCUT2D eigenvalue weighted by Gasteiger charge is -2.12. The van der Waals surface area contributed by atoms with Crippen LogP contribution in [-0.2, 0) is 11.2 Å². The molecule has 1 amide bonds. The van der Waals surface area contributed by atoms with Gasteiger partial charge in [-0.15, -0.1) is 0 Å². The van der Waals surface area contributed by atoms with Crippen LogP contribution in [0.2, 0.25) is 0 Å². The molecular formula is C11H20N4O2. The lowest BCUT2D eigenvalue weighted by molar-refractivity contribution is -0.120. The lowest BCUT2D eigenvalue weighted by atomic mass is 10.2. The van der Waals surface area contributed by atoms with E-state index in [1.165, 1.54) is 6.33 Å². The average molecular weight is 240 g/mol. The summed E-state index contributed by atoms with van der Waals surface area (Å²) in [4.78, 5) is 15.4. The normalized spacial score (nSPS) is 12.4. The number of hydrogen-bond acceptors (Lipinski definition) is 5. The molecule has 6 heteroatoms. The van der Waals surface area contributed by atoms with E-state index in [0.29, 0.717) is 25.4 Å². The molecule has 1 unspecified atom stereocenters. The Kier molecular flexibility index (Phi) is 6.24.